The third kappa shape index (κ3) is 3.84. The molecule has 0 amide bonds. The molecule has 4 nitrogen and oxygen atoms in total. The van der Waals surface area contributed by atoms with E-state index in [0.29, 0.717) is 17.9 Å². The molecular formula is C16H18FNO3S. The Morgan fingerprint density at radius 1 is 1.14 bits per heavy atom. The van der Waals surface area contributed by atoms with Gasteiger partial charge in [-0.25, -0.2) is 12.8 Å². The van der Waals surface area contributed by atoms with Gasteiger partial charge < -0.3 is 4.74 Å². The number of hydrogen-bond donors (Lipinski definition) is 0. The summed E-state index contributed by atoms with van der Waals surface area (Å²) in [5, 5.41) is 0. The molecule has 22 heavy (non-hydrogen) atoms. The lowest BCUT2D eigenvalue weighted by atomic mass is 10.2. The van der Waals surface area contributed by atoms with Gasteiger partial charge in [0.2, 0.25) is 10.0 Å². The minimum Gasteiger partial charge on any atom is -0.494 e. The van der Waals surface area contributed by atoms with E-state index in [9.17, 15) is 12.8 Å². The second-order valence-corrected chi connectivity index (χ2v) is 6.84. The van der Waals surface area contributed by atoms with Crippen molar-refractivity contribution in [2.75, 3.05) is 13.7 Å². The molecular weight excluding hydrogens is 305 g/mol. The SMILES string of the molecule is CCOc1ccc(S(=O)(=O)N(C)Cc2cccc(F)c2)cc1. The Hall–Kier alpha value is -1.92. The van der Waals surface area contributed by atoms with Crippen LogP contribution in [0, 0.1) is 5.82 Å². The molecule has 0 unspecified atom stereocenters. The van der Waals surface area contributed by atoms with Crippen LogP contribution in [-0.4, -0.2) is 26.4 Å². The molecule has 0 saturated carbocycles. The molecule has 0 radical (unpaired) electrons. The van der Waals surface area contributed by atoms with Gasteiger partial charge in [-0.1, -0.05) is 12.1 Å². The average molecular weight is 323 g/mol. The average Bonchev–Trinajstić information content (AvgIpc) is 2.48. The van der Waals surface area contributed by atoms with Crippen LogP contribution < -0.4 is 4.74 Å². The lowest BCUT2D eigenvalue weighted by Crippen LogP contribution is -2.26. The predicted octanol–water partition coefficient (Wildman–Crippen LogP) is 3.05. The van der Waals surface area contributed by atoms with Crippen molar-refractivity contribution in [3.8, 4) is 5.75 Å². The molecule has 2 aromatic carbocycles. The van der Waals surface area contributed by atoms with Gasteiger partial charge in [0.15, 0.2) is 0 Å². The first-order valence-electron chi connectivity index (χ1n) is 6.87. The fourth-order valence-electron chi connectivity index (χ4n) is 2.03. The van der Waals surface area contributed by atoms with E-state index in [1.54, 1.807) is 24.3 Å². The van der Waals surface area contributed by atoms with Crippen molar-refractivity contribution in [1.82, 2.24) is 4.31 Å². The fraction of sp³-hybridized carbons (Fsp3) is 0.250. The van der Waals surface area contributed by atoms with E-state index in [1.807, 2.05) is 6.92 Å². The second-order valence-electron chi connectivity index (χ2n) is 4.80. The highest BCUT2D eigenvalue weighted by molar-refractivity contribution is 7.89. The van der Waals surface area contributed by atoms with Gasteiger partial charge in [0.1, 0.15) is 11.6 Å². The molecule has 0 saturated heterocycles. The van der Waals surface area contributed by atoms with E-state index in [2.05, 4.69) is 0 Å². The van der Waals surface area contributed by atoms with Crippen molar-refractivity contribution in [1.29, 1.82) is 0 Å². The summed E-state index contributed by atoms with van der Waals surface area (Å²) in [4.78, 5) is 0.176. The maximum Gasteiger partial charge on any atom is 0.243 e. The first kappa shape index (κ1) is 16.5. The van der Waals surface area contributed by atoms with Crippen LogP contribution in [0.25, 0.3) is 0 Å². The zero-order valence-electron chi connectivity index (χ0n) is 12.5. The van der Waals surface area contributed by atoms with Crippen LogP contribution in [0.5, 0.6) is 5.75 Å². The summed E-state index contributed by atoms with van der Waals surface area (Å²) in [6, 6.07) is 12.1. The minimum atomic E-state index is -3.63. The molecule has 0 aliphatic heterocycles. The Kier molecular flexibility index (Phi) is 5.15. The third-order valence-electron chi connectivity index (χ3n) is 3.14. The summed E-state index contributed by atoms with van der Waals surface area (Å²) in [5.74, 6) is 0.235. The highest BCUT2D eigenvalue weighted by Gasteiger charge is 2.21. The van der Waals surface area contributed by atoms with Gasteiger partial charge in [-0.05, 0) is 48.9 Å². The van der Waals surface area contributed by atoms with Gasteiger partial charge in [0, 0.05) is 13.6 Å². The van der Waals surface area contributed by atoms with Gasteiger partial charge in [-0.2, -0.15) is 4.31 Å². The highest BCUT2D eigenvalue weighted by Crippen LogP contribution is 2.20. The molecule has 0 fully saturated rings. The zero-order chi connectivity index (χ0) is 16.2. The fourth-order valence-corrected chi connectivity index (χ4v) is 3.19. The minimum absolute atomic E-state index is 0.104. The number of nitrogens with zero attached hydrogens (tertiary/aromatic N) is 1. The van der Waals surface area contributed by atoms with Crippen molar-refractivity contribution in [3.05, 3.63) is 59.9 Å². The van der Waals surface area contributed by atoms with Crippen molar-refractivity contribution in [2.45, 2.75) is 18.4 Å². The molecule has 0 heterocycles. The molecule has 0 atom stereocenters. The summed E-state index contributed by atoms with van der Waals surface area (Å²) < 4.78 is 44.6. The second kappa shape index (κ2) is 6.89. The molecule has 0 bridgehead atoms. The summed E-state index contributed by atoms with van der Waals surface area (Å²) in [7, 11) is -2.16. The molecule has 0 aliphatic carbocycles. The van der Waals surface area contributed by atoms with Crippen LogP contribution in [0.3, 0.4) is 0 Å². The molecule has 2 aromatic rings. The lowest BCUT2D eigenvalue weighted by Gasteiger charge is -2.17. The summed E-state index contributed by atoms with van der Waals surface area (Å²) >= 11 is 0. The summed E-state index contributed by atoms with van der Waals surface area (Å²) in [6.07, 6.45) is 0. The first-order valence-corrected chi connectivity index (χ1v) is 8.31. The molecule has 0 spiro atoms. The largest absolute Gasteiger partial charge is 0.494 e. The van der Waals surface area contributed by atoms with Crippen LogP contribution in [0.2, 0.25) is 0 Å². The van der Waals surface area contributed by atoms with Crippen LogP contribution in [0.1, 0.15) is 12.5 Å². The van der Waals surface area contributed by atoms with Gasteiger partial charge in [-0.3, -0.25) is 0 Å². The quantitative estimate of drug-likeness (QED) is 0.821. The maximum absolute atomic E-state index is 13.2. The number of hydrogen-bond acceptors (Lipinski definition) is 3. The first-order chi connectivity index (χ1) is 10.4. The Morgan fingerprint density at radius 2 is 1.82 bits per heavy atom. The van der Waals surface area contributed by atoms with E-state index in [-0.39, 0.29) is 17.3 Å². The maximum atomic E-state index is 13.2. The van der Waals surface area contributed by atoms with Crippen LogP contribution in [0.15, 0.2) is 53.4 Å². The van der Waals surface area contributed by atoms with Gasteiger partial charge in [0.25, 0.3) is 0 Å². The van der Waals surface area contributed by atoms with Crippen molar-refractivity contribution < 1.29 is 17.5 Å². The molecule has 0 aliphatic rings. The Labute approximate surface area is 130 Å². The van der Waals surface area contributed by atoms with E-state index >= 15 is 0 Å². The van der Waals surface area contributed by atoms with Gasteiger partial charge >= 0.3 is 0 Å². The van der Waals surface area contributed by atoms with E-state index in [4.69, 9.17) is 4.74 Å². The number of rotatable bonds is 6. The topological polar surface area (TPSA) is 46.6 Å². The summed E-state index contributed by atoms with van der Waals surface area (Å²) in [5.41, 5.74) is 0.594. The lowest BCUT2D eigenvalue weighted by molar-refractivity contribution is 0.340. The summed E-state index contributed by atoms with van der Waals surface area (Å²) in [6.45, 7) is 2.48. The Bertz CT molecular complexity index is 729. The van der Waals surface area contributed by atoms with Gasteiger partial charge in [0.05, 0.1) is 11.5 Å². The van der Waals surface area contributed by atoms with E-state index in [1.165, 1.54) is 35.6 Å². The number of ether oxygens (including phenoxy) is 1. The zero-order valence-corrected chi connectivity index (χ0v) is 13.3. The van der Waals surface area contributed by atoms with Crippen molar-refractivity contribution in [3.63, 3.8) is 0 Å². The molecule has 118 valence electrons. The normalized spacial score (nSPS) is 11.6. The van der Waals surface area contributed by atoms with Crippen LogP contribution >= 0.6 is 0 Å². The predicted molar refractivity (Wildman–Crippen MR) is 82.7 cm³/mol. The van der Waals surface area contributed by atoms with Crippen LogP contribution in [-0.2, 0) is 16.6 Å². The van der Waals surface area contributed by atoms with Crippen LogP contribution in [0.4, 0.5) is 4.39 Å². The number of benzene rings is 2. The van der Waals surface area contributed by atoms with Crippen molar-refractivity contribution in [2.24, 2.45) is 0 Å². The Morgan fingerprint density at radius 3 is 2.41 bits per heavy atom. The van der Waals surface area contributed by atoms with E-state index < -0.39 is 10.0 Å². The standard InChI is InChI=1S/C16H18FNO3S/c1-3-21-15-7-9-16(10-8-15)22(19,20)18(2)12-13-5-4-6-14(17)11-13/h4-11H,3,12H2,1-2H3. The monoisotopic (exact) mass is 323 g/mol. The van der Waals surface area contributed by atoms with Crippen molar-refractivity contribution >= 4 is 10.0 Å². The van der Waals surface area contributed by atoms with Gasteiger partial charge in [-0.15, -0.1) is 0 Å². The number of halogens is 1. The highest BCUT2D eigenvalue weighted by atomic mass is 32.2. The molecule has 0 N–H and O–H groups in total. The number of sulfonamides is 1. The third-order valence-corrected chi connectivity index (χ3v) is 4.95. The smallest absolute Gasteiger partial charge is 0.243 e. The Balaban J connectivity index is 2.18. The van der Waals surface area contributed by atoms with E-state index in [0.717, 1.165) is 0 Å². The molecule has 2 rings (SSSR count). The molecule has 6 heteroatoms. The molecule has 0 aromatic heterocycles.